The number of pyridine rings is 1. The Balaban J connectivity index is 1.94. The van der Waals surface area contributed by atoms with Crippen molar-refractivity contribution in [3.8, 4) is 0 Å². The molecular formula is C15H15BrN4. The van der Waals surface area contributed by atoms with Crippen LogP contribution in [-0.2, 0) is 6.54 Å². The third-order valence-electron chi connectivity index (χ3n) is 3.38. The largest absolute Gasteiger partial charge is 0.378 e. The van der Waals surface area contributed by atoms with Crippen LogP contribution in [0.2, 0.25) is 0 Å². The number of H-pyrrole nitrogens is 1. The van der Waals surface area contributed by atoms with Crippen molar-refractivity contribution in [2.45, 2.75) is 20.4 Å². The molecule has 0 saturated carbocycles. The number of hydrogen-bond acceptors (Lipinski definition) is 3. The fourth-order valence-electron chi connectivity index (χ4n) is 2.33. The highest BCUT2D eigenvalue weighted by Gasteiger charge is 2.08. The van der Waals surface area contributed by atoms with E-state index in [1.807, 2.05) is 26.1 Å². The Hall–Kier alpha value is -1.88. The summed E-state index contributed by atoms with van der Waals surface area (Å²) in [6.07, 6.45) is 1.83. The molecule has 102 valence electrons. The van der Waals surface area contributed by atoms with E-state index in [0.717, 1.165) is 39.0 Å². The summed E-state index contributed by atoms with van der Waals surface area (Å²) in [4.78, 5) is 4.49. The van der Waals surface area contributed by atoms with Gasteiger partial charge < -0.3 is 5.32 Å². The molecule has 0 aliphatic heterocycles. The lowest BCUT2D eigenvalue weighted by atomic mass is 10.1. The number of halogens is 1. The first kappa shape index (κ1) is 13.1. The number of anilines is 1. The lowest BCUT2D eigenvalue weighted by Gasteiger charge is -2.10. The minimum Gasteiger partial charge on any atom is -0.378 e. The van der Waals surface area contributed by atoms with E-state index >= 15 is 0 Å². The first-order valence-electron chi connectivity index (χ1n) is 6.44. The van der Waals surface area contributed by atoms with Gasteiger partial charge in [-0.1, -0.05) is 28.1 Å². The lowest BCUT2D eigenvalue weighted by molar-refractivity contribution is 1.02. The van der Waals surface area contributed by atoms with Crippen molar-refractivity contribution in [3.63, 3.8) is 0 Å². The Labute approximate surface area is 125 Å². The Morgan fingerprint density at radius 3 is 2.85 bits per heavy atom. The molecule has 0 fully saturated rings. The van der Waals surface area contributed by atoms with Crippen LogP contribution in [0.4, 0.5) is 5.69 Å². The van der Waals surface area contributed by atoms with Gasteiger partial charge in [-0.3, -0.25) is 10.1 Å². The van der Waals surface area contributed by atoms with E-state index in [4.69, 9.17) is 0 Å². The van der Waals surface area contributed by atoms with Crippen LogP contribution >= 0.6 is 15.9 Å². The van der Waals surface area contributed by atoms with Gasteiger partial charge in [-0.2, -0.15) is 5.10 Å². The highest BCUT2D eigenvalue weighted by molar-refractivity contribution is 9.10. The monoisotopic (exact) mass is 330 g/mol. The zero-order valence-electron chi connectivity index (χ0n) is 11.4. The maximum absolute atomic E-state index is 4.49. The second kappa shape index (κ2) is 5.25. The number of aromatic nitrogens is 3. The Kier molecular flexibility index (Phi) is 3.44. The molecule has 3 rings (SSSR count). The van der Waals surface area contributed by atoms with Gasteiger partial charge in [0.05, 0.1) is 22.6 Å². The fourth-order valence-corrected chi connectivity index (χ4v) is 2.79. The summed E-state index contributed by atoms with van der Waals surface area (Å²) in [5, 5.41) is 11.8. The van der Waals surface area contributed by atoms with Gasteiger partial charge in [-0.05, 0) is 31.5 Å². The number of hydrogen-bond donors (Lipinski definition) is 2. The molecule has 3 aromatic rings. The van der Waals surface area contributed by atoms with Crippen LogP contribution in [0, 0.1) is 13.8 Å². The van der Waals surface area contributed by atoms with Gasteiger partial charge in [-0.15, -0.1) is 0 Å². The Bertz CT molecular complexity index is 744. The maximum Gasteiger partial charge on any atom is 0.0825 e. The van der Waals surface area contributed by atoms with Crippen LogP contribution in [0.5, 0.6) is 0 Å². The average Bonchev–Trinajstić information content (AvgIpc) is 2.78. The highest BCUT2D eigenvalue weighted by Crippen LogP contribution is 2.26. The SMILES string of the molecule is Cc1n[nH]c(C)c1NCc1ccc(Br)c2cccnc12. The van der Waals surface area contributed by atoms with Gasteiger partial charge in [0.25, 0.3) is 0 Å². The van der Waals surface area contributed by atoms with Crippen molar-refractivity contribution in [1.82, 2.24) is 15.2 Å². The second-order valence-corrected chi connectivity index (χ2v) is 5.62. The molecule has 4 nitrogen and oxygen atoms in total. The molecule has 2 heterocycles. The van der Waals surface area contributed by atoms with E-state index in [1.165, 1.54) is 5.56 Å². The van der Waals surface area contributed by atoms with Crippen molar-refractivity contribution in [1.29, 1.82) is 0 Å². The van der Waals surface area contributed by atoms with Crippen molar-refractivity contribution in [2.24, 2.45) is 0 Å². The first-order valence-corrected chi connectivity index (χ1v) is 7.23. The summed E-state index contributed by atoms with van der Waals surface area (Å²) in [5.74, 6) is 0. The quantitative estimate of drug-likeness (QED) is 0.764. The van der Waals surface area contributed by atoms with Gasteiger partial charge in [0.2, 0.25) is 0 Å². The third-order valence-corrected chi connectivity index (χ3v) is 4.08. The molecule has 0 atom stereocenters. The standard InChI is InChI=1S/C15H15BrN4/c1-9-14(10(2)20-19-9)18-8-11-5-6-13(16)12-4-3-7-17-15(11)12/h3-7,18H,8H2,1-2H3,(H,19,20). The van der Waals surface area contributed by atoms with Crippen LogP contribution in [-0.4, -0.2) is 15.2 Å². The minimum atomic E-state index is 0.724. The molecule has 2 N–H and O–H groups in total. The Morgan fingerprint density at radius 2 is 2.10 bits per heavy atom. The summed E-state index contributed by atoms with van der Waals surface area (Å²) in [5.41, 5.74) is 5.29. The molecule has 1 aromatic carbocycles. The van der Waals surface area contributed by atoms with Gasteiger partial charge in [0, 0.05) is 22.6 Å². The van der Waals surface area contributed by atoms with Crippen molar-refractivity contribution in [2.75, 3.05) is 5.32 Å². The number of nitrogens with one attached hydrogen (secondary N) is 2. The molecule has 5 heteroatoms. The van der Waals surface area contributed by atoms with Crippen LogP contribution in [0.1, 0.15) is 17.0 Å². The molecule has 0 spiro atoms. The molecule has 0 saturated heterocycles. The van der Waals surface area contributed by atoms with Gasteiger partial charge >= 0.3 is 0 Å². The van der Waals surface area contributed by atoms with Crippen LogP contribution in [0.3, 0.4) is 0 Å². The van der Waals surface area contributed by atoms with Crippen molar-refractivity contribution in [3.05, 3.63) is 51.9 Å². The molecule has 2 aromatic heterocycles. The van der Waals surface area contributed by atoms with E-state index in [1.54, 1.807) is 0 Å². The number of rotatable bonds is 3. The van der Waals surface area contributed by atoms with E-state index in [0.29, 0.717) is 0 Å². The van der Waals surface area contributed by atoms with Crippen LogP contribution in [0.25, 0.3) is 10.9 Å². The summed E-state index contributed by atoms with van der Waals surface area (Å²) in [6, 6.07) is 8.19. The topological polar surface area (TPSA) is 53.6 Å². The molecule has 0 amide bonds. The molecule has 0 aliphatic carbocycles. The minimum absolute atomic E-state index is 0.724. The predicted molar refractivity (Wildman–Crippen MR) is 84.8 cm³/mol. The number of fused-ring (bicyclic) bond motifs is 1. The molecule has 20 heavy (non-hydrogen) atoms. The molecule has 0 radical (unpaired) electrons. The van der Waals surface area contributed by atoms with Crippen LogP contribution in [0.15, 0.2) is 34.9 Å². The molecular weight excluding hydrogens is 316 g/mol. The predicted octanol–water partition coefficient (Wildman–Crippen LogP) is 3.95. The number of aryl methyl sites for hydroxylation is 2. The van der Waals surface area contributed by atoms with Gasteiger partial charge in [0.15, 0.2) is 0 Å². The summed E-state index contributed by atoms with van der Waals surface area (Å²) in [7, 11) is 0. The highest BCUT2D eigenvalue weighted by atomic mass is 79.9. The van der Waals surface area contributed by atoms with E-state index in [-0.39, 0.29) is 0 Å². The second-order valence-electron chi connectivity index (χ2n) is 4.77. The Morgan fingerprint density at radius 1 is 1.25 bits per heavy atom. The fraction of sp³-hybridized carbons (Fsp3) is 0.200. The van der Waals surface area contributed by atoms with Gasteiger partial charge in [-0.25, -0.2) is 0 Å². The average molecular weight is 331 g/mol. The van der Waals surface area contributed by atoms with Crippen molar-refractivity contribution < 1.29 is 0 Å². The number of benzene rings is 1. The summed E-state index contributed by atoms with van der Waals surface area (Å²) in [6.45, 7) is 4.73. The molecule has 0 unspecified atom stereocenters. The number of aromatic amines is 1. The molecule has 0 bridgehead atoms. The van der Waals surface area contributed by atoms with E-state index in [9.17, 15) is 0 Å². The summed E-state index contributed by atoms with van der Waals surface area (Å²) >= 11 is 3.57. The smallest absolute Gasteiger partial charge is 0.0825 e. The van der Waals surface area contributed by atoms with Crippen LogP contribution < -0.4 is 5.32 Å². The first-order chi connectivity index (χ1) is 9.66. The maximum atomic E-state index is 4.49. The summed E-state index contributed by atoms with van der Waals surface area (Å²) < 4.78 is 1.07. The number of nitrogens with zero attached hydrogens (tertiary/aromatic N) is 2. The normalized spacial score (nSPS) is 10.9. The third kappa shape index (κ3) is 2.29. The lowest BCUT2D eigenvalue weighted by Crippen LogP contribution is -2.02. The van der Waals surface area contributed by atoms with Crippen molar-refractivity contribution >= 4 is 32.5 Å². The van der Waals surface area contributed by atoms with Gasteiger partial charge in [0.1, 0.15) is 0 Å². The zero-order chi connectivity index (χ0) is 14.1. The zero-order valence-corrected chi connectivity index (χ0v) is 13.0. The van der Waals surface area contributed by atoms with E-state index in [2.05, 4.69) is 54.6 Å². The van der Waals surface area contributed by atoms with E-state index < -0.39 is 0 Å². The molecule has 0 aliphatic rings.